The first kappa shape index (κ1) is 28.9. The predicted molar refractivity (Wildman–Crippen MR) is 60.8 cm³/mol. The summed E-state index contributed by atoms with van der Waals surface area (Å²) in [5, 5.41) is -9.35. The molecule has 0 radical (unpaired) electrons. The Morgan fingerprint density at radius 2 is 0.611 bits per heavy atom. The second-order valence-electron chi connectivity index (χ2n) is 7.65. The number of rotatable bonds is 0. The maximum absolute atomic E-state index is 15.3. The minimum atomic E-state index is -9.32. The van der Waals surface area contributed by atoms with Crippen molar-refractivity contribution in [3.8, 4) is 0 Å². The van der Waals surface area contributed by atoms with Gasteiger partial charge in [0, 0.05) is 0 Å². The summed E-state index contributed by atoms with van der Waals surface area (Å²) in [6.07, 6.45) is 0. The fourth-order valence-corrected chi connectivity index (χ4v) is 4.18. The van der Waals surface area contributed by atoms with Crippen LogP contribution < -0.4 is 0 Å². The third kappa shape index (κ3) is 1.88. The summed E-state index contributed by atoms with van der Waals surface area (Å²) < 4.78 is 310. The fourth-order valence-electron chi connectivity index (χ4n) is 4.18. The highest BCUT2D eigenvalue weighted by molar-refractivity contribution is 5.45. The number of hydrogen-bond donors (Lipinski definition) is 0. The highest BCUT2D eigenvalue weighted by Gasteiger charge is 3.17. The fraction of sp³-hybridized carbons (Fsp3) is 1.00. The van der Waals surface area contributed by atoms with E-state index in [-0.39, 0.29) is 0 Å². The van der Waals surface area contributed by atoms with Gasteiger partial charge in [0.15, 0.2) is 0 Å². The topological polar surface area (TPSA) is 6.48 Å². The van der Waals surface area contributed by atoms with E-state index in [2.05, 4.69) is 0 Å². The van der Waals surface area contributed by atoms with E-state index in [4.69, 9.17) is 0 Å². The van der Waals surface area contributed by atoms with Gasteiger partial charge in [0.05, 0.1) is 0 Å². The van der Waals surface area contributed by atoms with Crippen LogP contribution in [0.25, 0.3) is 0 Å². The Hall–Kier alpha value is -1.62. The lowest BCUT2D eigenvalue weighted by Gasteiger charge is -2.69. The van der Waals surface area contributed by atoms with Crippen LogP contribution in [0.2, 0.25) is 0 Å². The Bertz CT molecular complexity index is 992. The molecule has 2 heterocycles. The largest absolute Gasteiger partial charge is 0.401 e. The number of halogens is 22. The first-order chi connectivity index (χ1) is 15.3. The van der Waals surface area contributed by atoms with E-state index in [1.54, 1.807) is 0 Å². The van der Waals surface area contributed by atoms with Gasteiger partial charge in [-0.25, -0.2) is 17.6 Å². The molecule has 4 unspecified atom stereocenters. The molecule has 0 aromatic carbocycles. The van der Waals surface area contributed by atoms with Gasteiger partial charge in [0.2, 0.25) is 0 Å². The molecule has 0 aromatic rings. The number of alkyl halides is 20. The zero-order valence-corrected chi connectivity index (χ0v) is 15.2. The van der Waals surface area contributed by atoms with E-state index in [0.29, 0.717) is 0 Å². The molecule has 0 aromatic heterocycles. The number of hydrogen-bond acceptors (Lipinski definition) is 2. The Morgan fingerprint density at radius 3 is 1.00 bits per heavy atom. The van der Waals surface area contributed by atoms with Crippen LogP contribution in [0.3, 0.4) is 0 Å². The highest BCUT2D eigenvalue weighted by Crippen LogP contribution is 2.83. The van der Waals surface area contributed by atoms with Gasteiger partial charge < -0.3 is 0 Å². The quantitative estimate of drug-likeness (QED) is 0.190. The molecule has 2 nitrogen and oxygen atoms in total. The van der Waals surface area contributed by atoms with Crippen LogP contribution in [0.15, 0.2) is 0 Å². The predicted octanol–water partition coefficient (Wildman–Crippen LogP) is 6.15. The SMILES string of the molecule is FN1C(F)(F)C(F)(F)C2(F)C(F)(C1(F)F)C(F)(F)N(F)C1(F)C(F)(F)C(F)(F)C(F)(F)C(F)(F)C12F. The zero-order chi connectivity index (χ0) is 29.2. The molecule has 212 valence electrons. The molecule has 4 atom stereocenters. The molecule has 0 spiro atoms. The van der Waals surface area contributed by atoms with Gasteiger partial charge in [-0.15, -0.1) is 8.96 Å². The first-order valence-corrected chi connectivity index (χ1v) is 8.01. The smallest absolute Gasteiger partial charge is 0.228 e. The molecular weight excluding hydrogens is 590 g/mol. The standard InChI is InChI=1S/C12F22N2/c13-1-2(14)4(16,17)6(20,21)7(22,23)8(24,25)9(2,26)35(33)10(27,28)3(1,15)11(29,30)36(34)12(31,32)5(1,18)19. The highest BCUT2D eigenvalue weighted by atomic mass is 19.4. The Kier molecular flexibility index (Phi) is 4.82. The van der Waals surface area contributed by atoms with Crippen molar-refractivity contribution in [2.24, 2.45) is 0 Å². The van der Waals surface area contributed by atoms with Crippen LogP contribution in [0.4, 0.5) is 96.8 Å². The molecule has 24 heteroatoms. The summed E-state index contributed by atoms with van der Waals surface area (Å²) in [6, 6.07) is -25.2. The zero-order valence-electron chi connectivity index (χ0n) is 15.2. The molecule has 3 rings (SSSR count). The molecule has 1 saturated carbocycles. The van der Waals surface area contributed by atoms with Crippen LogP contribution in [0.1, 0.15) is 0 Å². The summed E-state index contributed by atoms with van der Waals surface area (Å²) in [5.74, 6) is -52.6. The second kappa shape index (κ2) is 6.00. The molecule has 0 bridgehead atoms. The van der Waals surface area contributed by atoms with Gasteiger partial charge in [0.1, 0.15) is 0 Å². The van der Waals surface area contributed by atoms with Crippen molar-refractivity contribution in [1.82, 2.24) is 10.2 Å². The van der Waals surface area contributed by atoms with E-state index < -0.39 is 80.8 Å². The van der Waals surface area contributed by atoms with Crippen LogP contribution in [-0.2, 0) is 0 Å². The first-order valence-electron chi connectivity index (χ1n) is 8.01. The summed E-state index contributed by atoms with van der Waals surface area (Å²) in [5.41, 5.74) is -27.4. The van der Waals surface area contributed by atoms with Crippen molar-refractivity contribution in [3.63, 3.8) is 0 Å². The van der Waals surface area contributed by atoms with Crippen molar-refractivity contribution in [1.29, 1.82) is 0 Å². The molecule has 2 aliphatic heterocycles. The van der Waals surface area contributed by atoms with Crippen molar-refractivity contribution in [2.75, 3.05) is 0 Å². The average Bonchev–Trinajstić information content (AvgIpc) is 2.71. The van der Waals surface area contributed by atoms with Gasteiger partial charge in [0.25, 0.3) is 11.3 Å². The normalized spacial score (nSPS) is 47.5. The van der Waals surface area contributed by atoms with Gasteiger partial charge in [-0.05, 0) is 10.2 Å². The molecule has 2 saturated heterocycles. The summed E-state index contributed by atoms with van der Waals surface area (Å²) in [6.45, 7) is 0. The molecule has 3 aliphatic rings. The van der Waals surface area contributed by atoms with Gasteiger partial charge >= 0.3 is 59.2 Å². The van der Waals surface area contributed by atoms with Gasteiger partial charge in [-0.1, -0.05) is 0 Å². The summed E-state index contributed by atoms with van der Waals surface area (Å²) in [7, 11) is 0. The van der Waals surface area contributed by atoms with Crippen LogP contribution >= 0.6 is 0 Å². The molecule has 0 amide bonds. The van der Waals surface area contributed by atoms with Crippen molar-refractivity contribution in [2.45, 2.75) is 70.6 Å². The molecule has 1 aliphatic carbocycles. The molecule has 3 fully saturated rings. The molecule has 36 heavy (non-hydrogen) atoms. The lowest BCUT2D eigenvalue weighted by atomic mass is 9.52. The summed E-state index contributed by atoms with van der Waals surface area (Å²) >= 11 is 0. The van der Waals surface area contributed by atoms with Gasteiger partial charge in [-0.3, -0.25) is 0 Å². The molecule has 0 N–H and O–H groups in total. The van der Waals surface area contributed by atoms with Crippen molar-refractivity contribution in [3.05, 3.63) is 0 Å². The number of piperidine rings is 2. The Labute approximate surface area is 179 Å². The minimum absolute atomic E-state index is 4.49. The monoisotopic (exact) mass is 590 g/mol. The number of nitrogens with zero attached hydrogens (tertiary/aromatic N) is 2. The molecular formula is C12F22N2. The second-order valence-corrected chi connectivity index (χ2v) is 7.65. The third-order valence-electron chi connectivity index (χ3n) is 6.09. The van der Waals surface area contributed by atoms with E-state index in [0.717, 1.165) is 0 Å². The lowest BCUT2D eigenvalue weighted by Crippen LogP contribution is -3.04. The van der Waals surface area contributed by atoms with E-state index in [1.807, 2.05) is 0 Å². The summed E-state index contributed by atoms with van der Waals surface area (Å²) in [4.78, 5) is 0. The lowest BCUT2D eigenvalue weighted by molar-refractivity contribution is -0.616. The third-order valence-corrected chi connectivity index (χ3v) is 6.09. The minimum Gasteiger partial charge on any atom is -0.228 e. The Balaban J connectivity index is 2.77. The van der Waals surface area contributed by atoms with Crippen molar-refractivity contribution >= 4 is 0 Å². The average molecular weight is 590 g/mol. The van der Waals surface area contributed by atoms with E-state index in [1.165, 1.54) is 0 Å². The van der Waals surface area contributed by atoms with E-state index in [9.17, 15) is 88.0 Å². The van der Waals surface area contributed by atoms with Gasteiger partial charge in [-0.2, -0.15) is 70.2 Å². The maximum atomic E-state index is 15.3. The van der Waals surface area contributed by atoms with Crippen LogP contribution in [0.5, 0.6) is 0 Å². The Morgan fingerprint density at radius 1 is 0.278 bits per heavy atom. The number of fused-ring (bicyclic) bond motifs is 3. The van der Waals surface area contributed by atoms with Crippen molar-refractivity contribution < 1.29 is 96.8 Å². The van der Waals surface area contributed by atoms with E-state index >= 15 is 8.78 Å². The van der Waals surface area contributed by atoms with Crippen LogP contribution in [-0.4, -0.2) is 80.8 Å². The maximum Gasteiger partial charge on any atom is 0.401 e. The van der Waals surface area contributed by atoms with Crippen LogP contribution in [0, 0.1) is 0 Å².